The van der Waals surface area contributed by atoms with Gasteiger partial charge in [-0.2, -0.15) is 5.10 Å². The summed E-state index contributed by atoms with van der Waals surface area (Å²) in [6.45, 7) is 8.41. The average Bonchev–Trinajstić information content (AvgIpc) is 3.21. The maximum atomic E-state index is 13.0. The van der Waals surface area contributed by atoms with Crippen molar-refractivity contribution in [2.75, 3.05) is 19.6 Å². The van der Waals surface area contributed by atoms with Crippen molar-refractivity contribution in [2.45, 2.75) is 52.1 Å². The maximum Gasteiger partial charge on any atom is 0.262 e. The number of thiophene rings is 1. The van der Waals surface area contributed by atoms with Crippen LogP contribution in [0.15, 0.2) is 6.07 Å². The summed E-state index contributed by atoms with van der Waals surface area (Å²) in [5, 5.41) is 11.6. The van der Waals surface area contributed by atoms with Crippen LogP contribution in [0.3, 0.4) is 0 Å². The Labute approximate surface area is 176 Å². The summed E-state index contributed by atoms with van der Waals surface area (Å²) in [5.41, 5.74) is 0.909. The van der Waals surface area contributed by atoms with E-state index in [9.17, 15) is 9.59 Å². The van der Waals surface area contributed by atoms with E-state index in [1.165, 1.54) is 11.3 Å². The Balaban J connectivity index is 0.00000280. The molecule has 1 unspecified atom stereocenters. The number of nitrogens with one attached hydrogen (secondary N) is 2. The molecular weight excluding hydrogens is 398 g/mol. The molecule has 2 amide bonds. The zero-order valence-electron chi connectivity index (χ0n) is 16.9. The number of aromatic nitrogens is 2. The third kappa shape index (κ3) is 4.67. The number of hydrogen-bond donors (Lipinski definition) is 2. The maximum absolute atomic E-state index is 13.0. The number of carbonyl (C=O) groups is 2. The second-order valence-electron chi connectivity index (χ2n) is 7.25. The van der Waals surface area contributed by atoms with E-state index in [0.29, 0.717) is 4.88 Å². The van der Waals surface area contributed by atoms with Crippen LogP contribution in [0.2, 0.25) is 0 Å². The number of piperidine rings is 1. The van der Waals surface area contributed by atoms with E-state index in [0.717, 1.165) is 54.8 Å². The number of hydrogen-bond acceptors (Lipinski definition) is 5. The van der Waals surface area contributed by atoms with Gasteiger partial charge >= 0.3 is 0 Å². The first-order valence-electron chi connectivity index (χ1n) is 9.67. The van der Waals surface area contributed by atoms with Gasteiger partial charge in [-0.1, -0.05) is 6.92 Å². The molecule has 1 saturated heterocycles. The van der Waals surface area contributed by atoms with Crippen molar-refractivity contribution in [2.24, 2.45) is 7.05 Å². The lowest BCUT2D eigenvalue weighted by Crippen LogP contribution is -2.53. The summed E-state index contributed by atoms with van der Waals surface area (Å²) >= 11 is 1.41. The highest BCUT2D eigenvalue weighted by molar-refractivity contribution is 7.20. The molecule has 0 aromatic carbocycles. The number of fused-ring (bicyclic) bond motifs is 1. The largest absolute Gasteiger partial charge is 0.340 e. The summed E-state index contributed by atoms with van der Waals surface area (Å²) in [4.78, 5) is 29.3. The van der Waals surface area contributed by atoms with Crippen LogP contribution in [0, 0.1) is 6.92 Å². The van der Waals surface area contributed by atoms with Gasteiger partial charge in [0.25, 0.3) is 5.91 Å². The van der Waals surface area contributed by atoms with E-state index < -0.39 is 6.04 Å². The number of halogens is 1. The molecular formula is C19H30ClN5O2S. The summed E-state index contributed by atoms with van der Waals surface area (Å²) in [6.07, 6.45) is 2.85. The molecule has 0 bridgehead atoms. The van der Waals surface area contributed by atoms with Crippen LogP contribution in [0.1, 0.15) is 48.5 Å². The predicted molar refractivity (Wildman–Crippen MR) is 115 cm³/mol. The molecule has 2 aromatic heterocycles. The normalized spacial score (nSPS) is 15.9. The standard InChI is InChI=1S/C19H29N5O2S.ClH/c1-5-10-24(14-6-8-20-9-7-14)18(26)13(3)21-17(25)16-11-15-12(2)22-23(4)19(15)27-16;/h11,13-14,20H,5-10H2,1-4H3,(H,21,25);1H. The van der Waals surface area contributed by atoms with Crippen molar-refractivity contribution < 1.29 is 9.59 Å². The zero-order valence-corrected chi connectivity index (χ0v) is 18.6. The molecule has 1 atom stereocenters. The van der Waals surface area contributed by atoms with Gasteiger partial charge in [-0.15, -0.1) is 23.7 Å². The first-order valence-corrected chi connectivity index (χ1v) is 10.5. The molecule has 0 spiro atoms. The quantitative estimate of drug-likeness (QED) is 0.742. The van der Waals surface area contributed by atoms with Gasteiger partial charge < -0.3 is 15.5 Å². The van der Waals surface area contributed by atoms with Crippen LogP contribution in [0.5, 0.6) is 0 Å². The fraction of sp³-hybridized carbons (Fsp3) is 0.632. The molecule has 156 valence electrons. The molecule has 3 heterocycles. The van der Waals surface area contributed by atoms with Crippen molar-refractivity contribution in [1.82, 2.24) is 25.3 Å². The van der Waals surface area contributed by atoms with E-state index in [1.54, 1.807) is 11.6 Å². The lowest BCUT2D eigenvalue weighted by molar-refractivity contribution is -0.135. The lowest BCUT2D eigenvalue weighted by atomic mass is 10.0. The van der Waals surface area contributed by atoms with Gasteiger partial charge in [-0.3, -0.25) is 14.3 Å². The number of amides is 2. The molecule has 0 aliphatic carbocycles. The van der Waals surface area contributed by atoms with Crippen LogP contribution < -0.4 is 10.6 Å². The summed E-state index contributed by atoms with van der Waals surface area (Å²) in [5.74, 6) is -0.186. The highest BCUT2D eigenvalue weighted by Crippen LogP contribution is 2.27. The molecule has 1 fully saturated rings. The topological polar surface area (TPSA) is 79.3 Å². The monoisotopic (exact) mass is 427 g/mol. The minimum atomic E-state index is -0.539. The zero-order chi connectivity index (χ0) is 19.6. The number of rotatable bonds is 6. The first kappa shape index (κ1) is 22.6. The van der Waals surface area contributed by atoms with E-state index in [4.69, 9.17) is 0 Å². The Bertz CT molecular complexity index is 793. The molecule has 0 radical (unpaired) electrons. The third-order valence-corrected chi connectivity index (χ3v) is 6.34. The molecule has 3 rings (SSSR count). The molecule has 1 aliphatic heterocycles. The highest BCUT2D eigenvalue weighted by Gasteiger charge is 2.29. The lowest BCUT2D eigenvalue weighted by Gasteiger charge is -2.36. The minimum Gasteiger partial charge on any atom is -0.340 e. The molecule has 2 N–H and O–H groups in total. The van der Waals surface area contributed by atoms with Gasteiger partial charge in [0.1, 0.15) is 10.9 Å². The van der Waals surface area contributed by atoms with Gasteiger partial charge in [0.2, 0.25) is 5.91 Å². The van der Waals surface area contributed by atoms with Crippen LogP contribution in [0.25, 0.3) is 10.2 Å². The Morgan fingerprint density at radius 2 is 2.11 bits per heavy atom. The SMILES string of the molecule is CCCN(C(=O)C(C)NC(=O)c1cc2c(C)nn(C)c2s1)C1CCNCC1.Cl. The van der Waals surface area contributed by atoms with E-state index >= 15 is 0 Å². The van der Waals surface area contributed by atoms with Crippen molar-refractivity contribution in [3.63, 3.8) is 0 Å². The smallest absolute Gasteiger partial charge is 0.262 e. The summed E-state index contributed by atoms with van der Waals surface area (Å²) < 4.78 is 1.79. The van der Waals surface area contributed by atoms with Gasteiger partial charge in [-0.25, -0.2) is 0 Å². The van der Waals surface area contributed by atoms with Crippen molar-refractivity contribution in [3.05, 3.63) is 16.6 Å². The molecule has 7 nitrogen and oxygen atoms in total. The number of nitrogens with zero attached hydrogens (tertiary/aromatic N) is 3. The Kier molecular flexibility index (Phi) is 7.86. The fourth-order valence-electron chi connectivity index (χ4n) is 3.73. The van der Waals surface area contributed by atoms with Gasteiger partial charge in [-0.05, 0) is 52.3 Å². The number of carbonyl (C=O) groups excluding carboxylic acids is 2. The Hall–Kier alpha value is -1.64. The van der Waals surface area contributed by atoms with Crippen LogP contribution >= 0.6 is 23.7 Å². The van der Waals surface area contributed by atoms with Crippen LogP contribution in [-0.4, -0.2) is 58.2 Å². The molecule has 9 heteroatoms. The molecule has 0 saturated carbocycles. The Morgan fingerprint density at radius 3 is 2.71 bits per heavy atom. The summed E-state index contributed by atoms with van der Waals surface area (Å²) in [6, 6.07) is 1.59. The van der Waals surface area contributed by atoms with E-state index in [-0.39, 0.29) is 30.3 Å². The molecule has 1 aliphatic rings. The predicted octanol–water partition coefficient (Wildman–Crippen LogP) is 2.47. The third-order valence-electron chi connectivity index (χ3n) is 5.14. The first-order chi connectivity index (χ1) is 12.9. The average molecular weight is 428 g/mol. The van der Waals surface area contributed by atoms with Gasteiger partial charge in [0.05, 0.1) is 10.6 Å². The second-order valence-corrected chi connectivity index (χ2v) is 8.28. The van der Waals surface area contributed by atoms with Gasteiger partial charge in [0, 0.05) is 25.0 Å². The van der Waals surface area contributed by atoms with E-state index in [1.807, 2.05) is 24.9 Å². The van der Waals surface area contributed by atoms with Crippen molar-refractivity contribution in [3.8, 4) is 0 Å². The highest BCUT2D eigenvalue weighted by atomic mass is 35.5. The molecule has 28 heavy (non-hydrogen) atoms. The van der Waals surface area contributed by atoms with Crippen molar-refractivity contribution in [1.29, 1.82) is 0 Å². The Morgan fingerprint density at radius 1 is 1.43 bits per heavy atom. The van der Waals surface area contributed by atoms with Gasteiger partial charge in [0.15, 0.2) is 0 Å². The van der Waals surface area contributed by atoms with E-state index in [2.05, 4.69) is 22.7 Å². The second kappa shape index (κ2) is 9.71. The molecule has 2 aromatic rings. The fourth-order valence-corrected chi connectivity index (χ4v) is 4.75. The van der Waals surface area contributed by atoms with Crippen LogP contribution in [-0.2, 0) is 11.8 Å². The van der Waals surface area contributed by atoms with Crippen LogP contribution in [0.4, 0.5) is 0 Å². The number of aryl methyl sites for hydroxylation is 2. The summed E-state index contributed by atoms with van der Waals surface area (Å²) in [7, 11) is 1.88. The minimum absolute atomic E-state index is 0. The van der Waals surface area contributed by atoms with Crippen molar-refractivity contribution >= 4 is 45.8 Å².